The van der Waals surface area contributed by atoms with Crippen LogP contribution < -0.4 is 0 Å². The Balaban J connectivity index is 2.84. The van der Waals surface area contributed by atoms with E-state index in [9.17, 15) is 0 Å². The smallest absolute Gasteiger partial charge is 0.00298 e. The minimum absolute atomic E-state index is 1.14. The van der Waals surface area contributed by atoms with Crippen molar-refractivity contribution in [3.63, 3.8) is 0 Å². The highest BCUT2D eigenvalue weighted by Gasteiger charge is 1.86. The Morgan fingerprint density at radius 3 is 1.86 bits per heavy atom. The Kier molecular flexibility index (Phi) is 5.92. The summed E-state index contributed by atoms with van der Waals surface area (Å²) in [6.45, 7) is 0. The molecule has 0 spiro atoms. The Hall–Kier alpha value is -0.950. The molecule has 0 saturated heterocycles. The molecule has 14 heavy (non-hydrogen) atoms. The highest BCUT2D eigenvalue weighted by Crippen LogP contribution is 2.01. The maximum atomic E-state index is 2.18. The van der Waals surface area contributed by atoms with Crippen LogP contribution in [-0.4, -0.2) is 12.0 Å². The molecule has 0 atom stereocenters. The van der Waals surface area contributed by atoms with E-state index >= 15 is 0 Å². The summed E-state index contributed by atoms with van der Waals surface area (Å²) in [4.78, 5) is 0. The van der Waals surface area contributed by atoms with Crippen LogP contribution in [0.15, 0.2) is 54.6 Å². The van der Waals surface area contributed by atoms with Gasteiger partial charge in [-0.05, 0) is 24.0 Å². The molecule has 0 aliphatic heterocycles. The van der Waals surface area contributed by atoms with E-state index in [1.807, 2.05) is 30.0 Å². The van der Waals surface area contributed by atoms with Crippen LogP contribution in [0.25, 0.3) is 0 Å². The van der Waals surface area contributed by atoms with Gasteiger partial charge in [-0.3, -0.25) is 0 Å². The standard InChI is InChI=1S/C13H16S/c1-14-12-11-13-9-7-5-3-2-4-6-8-10-13/h2-10H,11-12H2,1H3. The van der Waals surface area contributed by atoms with Crippen LogP contribution in [0.4, 0.5) is 0 Å². The van der Waals surface area contributed by atoms with E-state index in [0.717, 1.165) is 6.42 Å². The van der Waals surface area contributed by atoms with E-state index in [1.54, 1.807) is 0 Å². The Morgan fingerprint density at radius 1 is 0.857 bits per heavy atom. The molecule has 0 amide bonds. The average Bonchev–Trinajstić information content (AvgIpc) is 2.23. The fourth-order valence-corrected chi connectivity index (χ4v) is 1.56. The van der Waals surface area contributed by atoms with Crippen LogP contribution in [0.5, 0.6) is 0 Å². The Bertz CT molecular complexity index is 281. The van der Waals surface area contributed by atoms with Crippen molar-refractivity contribution in [1.29, 1.82) is 0 Å². The third-order valence-electron chi connectivity index (χ3n) is 1.88. The third kappa shape index (κ3) is 4.93. The maximum Gasteiger partial charge on any atom is -0.00298 e. The van der Waals surface area contributed by atoms with Crippen molar-refractivity contribution in [3.05, 3.63) is 60.2 Å². The lowest BCUT2D eigenvalue weighted by Gasteiger charge is -1.94. The molecule has 0 N–H and O–H groups in total. The monoisotopic (exact) mass is 204 g/mol. The van der Waals surface area contributed by atoms with Crippen LogP contribution in [0, 0.1) is 0 Å². The summed E-state index contributed by atoms with van der Waals surface area (Å²) >= 11 is 1.89. The van der Waals surface area contributed by atoms with Crippen molar-refractivity contribution >= 4 is 11.8 Å². The van der Waals surface area contributed by atoms with Gasteiger partial charge in [-0.15, -0.1) is 0 Å². The molecule has 0 nitrogen and oxygen atoms in total. The van der Waals surface area contributed by atoms with Gasteiger partial charge < -0.3 is 0 Å². The summed E-state index contributed by atoms with van der Waals surface area (Å²) in [5.41, 5.74) is 1.38. The fraction of sp³-hybridized carbons (Fsp3) is 0.231. The number of aryl methyl sites for hydroxylation is 1. The van der Waals surface area contributed by atoms with Gasteiger partial charge in [0.05, 0.1) is 0 Å². The molecule has 0 aliphatic rings. The lowest BCUT2D eigenvalue weighted by atomic mass is 10.2. The molecular weight excluding hydrogens is 188 g/mol. The molecule has 0 radical (unpaired) electrons. The Labute approximate surface area is 90.7 Å². The van der Waals surface area contributed by atoms with Crippen LogP contribution in [-0.2, 0) is 6.42 Å². The summed E-state index contributed by atoms with van der Waals surface area (Å²) < 4.78 is 0. The minimum Gasteiger partial charge on any atom is -0.165 e. The van der Waals surface area contributed by atoms with Crippen LogP contribution in [0.3, 0.4) is 0 Å². The molecule has 1 heteroatoms. The van der Waals surface area contributed by atoms with E-state index < -0.39 is 0 Å². The number of thioether (sulfide) groups is 1. The van der Waals surface area contributed by atoms with Gasteiger partial charge in [0.1, 0.15) is 0 Å². The zero-order valence-electron chi connectivity index (χ0n) is 8.52. The van der Waals surface area contributed by atoms with Gasteiger partial charge in [-0.1, -0.05) is 54.6 Å². The van der Waals surface area contributed by atoms with Crippen molar-refractivity contribution in [2.45, 2.75) is 6.42 Å². The first kappa shape index (κ1) is 11.1. The summed E-state index contributed by atoms with van der Waals surface area (Å²) in [7, 11) is 0. The first-order chi connectivity index (χ1) is 6.93. The van der Waals surface area contributed by atoms with Crippen molar-refractivity contribution in [3.8, 4) is 0 Å². The molecule has 1 rings (SSSR count). The van der Waals surface area contributed by atoms with E-state index in [-0.39, 0.29) is 0 Å². The third-order valence-corrected chi connectivity index (χ3v) is 2.49. The largest absolute Gasteiger partial charge is 0.165 e. The summed E-state index contributed by atoms with van der Waals surface area (Å²) in [5, 5.41) is 0. The van der Waals surface area contributed by atoms with Gasteiger partial charge >= 0.3 is 0 Å². The summed E-state index contributed by atoms with van der Waals surface area (Å²) in [6.07, 6.45) is 3.28. The molecule has 0 bridgehead atoms. The topological polar surface area (TPSA) is 0 Å². The molecule has 0 aliphatic carbocycles. The molecular formula is C13H16S. The second kappa shape index (κ2) is 7.45. The average molecular weight is 204 g/mol. The second-order valence-electron chi connectivity index (χ2n) is 3.00. The molecule has 0 unspecified atom stereocenters. The van der Waals surface area contributed by atoms with Crippen molar-refractivity contribution in [2.75, 3.05) is 12.0 Å². The summed E-state index contributed by atoms with van der Waals surface area (Å²) in [6, 6.07) is 18.8. The van der Waals surface area contributed by atoms with Crippen LogP contribution in [0.2, 0.25) is 0 Å². The predicted octanol–water partition coefficient (Wildman–Crippen LogP) is 3.72. The minimum atomic E-state index is 1.14. The van der Waals surface area contributed by atoms with Gasteiger partial charge in [0.25, 0.3) is 0 Å². The molecule has 0 fully saturated rings. The molecule has 0 heterocycles. The highest BCUT2D eigenvalue weighted by molar-refractivity contribution is 7.98. The SMILES string of the molecule is CSCCc1ccccccccc1. The van der Waals surface area contributed by atoms with Crippen LogP contribution in [0.1, 0.15) is 5.56 Å². The molecule has 0 saturated carbocycles. The zero-order valence-corrected chi connectivity index (χ0v) is 9.34. The first-order valence-corrected chi connectivity index (χ1v) is 6.19. The lowest BCUT2D eigenvalue weighted by Crippen LogP contribution is -1.84. The quantitative estimate of drug-likeness (QED) is 0.723. The molecule has 1 aromatic carbocycles. The summed E-state index contributed by atoms with van der Waals surface area (Å²) in [5.74, 6) is 1.18. The predicted molar refractivity (Wildman–Crippen MR) is 66.2 cm³/mol. The second-order valence-corrected chi connectivity index (χ2v) is 3.98. The van der Waals surface area contributed by atoms with Crippen LogP contribution >= 0.6 is 11.8 Å². The zero-order chi connectivity index (χ0) is 10.1. The van der Waals surface area contributed by atoms with E-state index in [4.69, 9.17) is 0 Å². The van der Waals surface area contributed by atoms with Gasteiger partial charge in [-0.25, -0.2) is 0 Å². The number of rotatable bonds is 3. The molecule has 1 aromatic rings. The van der Waals surface area contributed by atoms with Gasteiger partial charge in [-0.2, -0.15) is 11.8 Å². The van der Waals surface area contributed by atoms with Gasteiger partial charge in [0.2, 0.25) is 0 Å². The van der Waals surface area contributed by atoms with Crippen molar-refractivity contribution in [2.24, 2.45) is 0 Å². The lowest BCUT2D eigenvalue weighted by molar-refractivity contribution is 1.16. The maximum absolute atomic E-state index is 2.18. The first-order valence-electron chi connectivity index (χ1n) is 4.79. The molecule has 0 aromatic heterocycles. The molecule has 74 valence electrons. The Morgan fingerprint density at radius 2 is 1.36 bits per heavy atom. The number of hydrogen-bond acceptors (Lipinski definition) is 1. The van der Waals surface area contributed by atoms with E-state index in [1.165, 1.54) is 11.3 Å². The number of hydrogen-bond donors (Lipinski definition) is 0. The van der Waals surface area contributed by atoms with Crippen molar-refractivity contribution < 1.29 is 0 Å². The van der Waals surface area contributed by atoms with Gasteiger partial charge in [0.15, 0.2) is 0 Å². The van der Waals surface area contributed by atoms with E-state index in [0.29, 0.717) is 0 Å². The van der Waals surface area contributed by atoms with Gasteiger partial charge in [0, 0.05) is 0 Å². The normalized spacial score (nSPS) is 9.21. The van der Waals surface area contributed by atoms with Crippen molar-refractivity contribution in [1.82, 2.24) is 0 Å². The highest BCUT2D eigenvalue weighted by atomic mass is 32.2. The van der Waals surface area contributed by atoms with E-state index in [2.05, 4.69) is 42.7 Å². The fourth-order valence-electron chi connectivity index (χ4n) is 1.12.